The van der Waals surface area contributed by atoms with E-state index in [4.69, 9.17) is 0 Å². The highest BCUT2D eigenvalue weighted by atomic mass is 32.2. The van der Waals surface area contributed by atoms with E-state index < -0.39 is 11.5 Å². The molecule has 0 aromatic carbocycles. The highest BCUT2D eigenvalue weighted by molar-refractivity contribution is 7.99. The Morgan fingerprint density at radius 2 is 2.24 bits per heavy atom. The molecule has 1 fully saturated rings. The first-order valence-electron chi connectivity index (χ1n) is 5.92. The van der Waals surface area contributed by atoms with E-state index in [1.165, 1.54) is 0 Å². The average Bonchev–Trinajstić information content (AvgIpc) is 2.80. The Labute approximate surface area is 105 Å². The number of thioether (sulfide) groups is 1. The van der Waals surface area contributed by atoms with Crippen LogP contribution in [0.25, 0.3) is 0 Å². The van der Waals surface area contributed by atoms with Gasteiger partial charge in [0.15, 0.2) is 0 Å². The number of carboxylic acid groups (broad SMARTS) is 1. The van der Waals surface area contributed by atoms with Crippen molar-refractivity contribution in [2.45, 2.75) is 31.2 Å². The zero-order chi connectivity index (χ0) is 12.3. The number of allylic oxidation sites excluding steroid dienone is 2. The molecule has 17 heavy (non-hydrogen) atoms. The van der Waals surface area contributed by atoms with Gasteiger partial charge in [0.1, 0.15) is 5.54 Å². The van der Waals surface area contributed by atoms with Crippen LogP contribution in [0.1, 0.15) is 25.7 Å². The number of rotatable bonds is 3. The van der Waals surface area contributed by atoms with Gasteiger partial charge in [-0.25, -0.2) is 4.79 Å². The van der Waals surface area contributed by atoms with Crippen LogP contribution in [0.5, 0.6) is 0 Å². The Hall–Kier alpha value is -0.970. The van der Waals surface area contributed by atoms with Gasteiger partial charge in [-0.15, -0.1) is 0 Å². The van der Waals surface area contributed by atoms with Crippen molar-refractivity contribution in [3.05, 3.63) is 12.2 Å². The normalized spacial score (nSPS) is 32.4. The third kappa shape index (κ3) is 2.65. The zero-order valence-corrected chi connectivity index (χ0v) is 10.5. The summed E-state index contributed by atoms with van der Waals surface area (Å²) in [4.78, 5) is 23.3. The molecule has 2 rings (SSSR count). The standard InChI is InChI=1S/C12H17NO3S/c14-10(9-4-2-1-3-5-9)13-12(11(15)16)6-7-17-8-12/h1-2,9H,3-8H2,(H,13,14)(H,15,16)/t9-,12+/m0/s1. The second-order valence-corrected chi connectivity index (χ2v) is 5.77. The molecule has 0 aromatic heterocycles. The molecular weight excluding hydrogens is 238 g/mol. The van der Waals surface area contributed by atoms with E-state index >= 15 is 0 Å². The van der Waals surface area contributed by atoms with Crippen LogP contribution in [0.15, 0.2) is 12.2 Å². The van der Waals surface area contributed by atoms with Crippen LogP contribution in [-0.2, 0) is 9.59 Å². The Morgan fingerprint density at radius 1 is 1.41 bits per heavy atom. The lowest BCUT2D eigenvalue weighted by Crippen LogP contribution is -2.56. The second-order valence-electron chi connectivity index (χ2n) is 4.66. The minimum Gasteiger partial charge on any atom is -0.479 e. The predicted molar refractivity (Wildman–Crippen MR) is 66.9 cm³/mol. The van der Waals surface area contributed by atoms with Gasteiger partial charge >= 0.3 is 5.97 Å². The van der Waals surface area contributed by atoms with Crippen LogP contribution >= 0.6 is 11.8 Å². The van der Waals surface area contributed by atoms with Gasteiger partial charge in [0, 0.05) is 11.7 Å². The maximum Gasteiger partial charge on any atom is 0.330 e. The van der Waals surface area contributed by atoms with E-state index in [1.807, 2.05) is 6.08 Å². The molecule has 2 aliphatic rings. The molecule has 1 heterocycles. The molecule has 0 saturated carbocycles. The van der Waals surface area contributed by atoms with Crippen molar-refractivity contribution in [3.8, 4) is 0 Å². The van der Waals surface area contributed by atoms with E-state index in [0.717, 1.165) is 25.0 Å². The summed E-state index contributed by atoms with van der Waals surface area (Å²) in [5.41, 5.74) is -1.02. The third-order valence-electron chi connectivity index (χ3n) is 3.43. The van der Waals surface area contributed by atoms with Gasteiger partial charge in [0.2, 0.25) is 5.91 Å². The second kappa shape index (κ2) is 5.12. The largest absolute Gasteiger partial charge is 0.479 e. The highest BCUT2D eigenvalue weighted by Crippen LogP contribution is 2.29. The summed E-state index contributed by atoms with van der Waals surface area (Å²) in [5, 5.41) is 12.0. The number of aliphatic carboxylic acids is 1. The minimum atomic E-state index is -1.02. The van der Waals surface area contributed by atoms with Crippen LogP contribution in [0.3, 0.4) is 0 Å². The summed E-state index contributed by atoms with van der Waals surface area (Å²) < 4.78 is 0. The fourth-order valence-corrected chi connectivity index (χ4v) is 3.58. The maximum absolute atomic E-state index is 12.0. The molecule has 0 bridgehead atoms. The molecule has 0 radical (unpaired) electrons. The molecule has 1 amide bonds. The minimum absolute atomic E-state index is 0.0539. The third-order valence-corrected chi connectivity index (χ3v) is 4.62. The summed E-state index contributed by atoms with van der Waals surface area (Å²) in [7, 11) is 0. The number of nitrogens with one attached hydrogen (secondary N) is 1. The monoisotopic (exact) mass is 255 g/mol. The maximum atomic E-state index is 12.0. The van der Waals surface area contributed by atoms with Crippen LogP contribution in [-0.4, -0.2) is 34.0 Å². The molecule has 1 aliphatic heterocycles. The van der Waals surface area contributed by atoms with Crippen molar-refractivity contribution in [1.29, 1.82) is 0 Å². The lowest BCUT2D eigenvalue weighted by molar-refractivity contribution is -0.147. The molecule has 94 valence electrons. The van der Waals surface area contributed by atoms with Crippen LogP contribution in [0, 0.1) is 5.92 Å². The number of hydrogen-bond donors (Lipinski definition) is 2. The fourth-order valence-electron chi connectivity index (χ4n) is 2.26. The first-order chi connectivity index (χ1) is 8.14. The first kappa shape index (κ1) is 12.5. The van der Waals surface area contributed by atoms with Crippen molar-refractivity contribution in [3.63, 3.8) is 0 Å². The summed E-state index contributed by atoms with van der Waals surface area (Å²) in [5.74, 6) is 0.233. The van der Waals surface area contributed by atoms with Gasteiger partial charge < -0.3 is 10.4 Å². The number of carboxylic acids is 1. The van der Waals surface area contributed by atoms with Gasteiger partial charge in [0.05, 0.1) is 0 Å². The number of hydrogen-bond acceptors (Lipinski definition) is 3. The lowest BCUT2D eigenvalue weighted by atomic mass is 9.91. The van der Waals surface area contributed by atoms with Gasteiger partial charge in [-0.1, -0.05) is 12.2 Å². The van der Waals surface area contributed by atoms with Crippen LogP contribution < -0.4 is 5.32 Å². The molecule has 5 heteroatoms. The SMILES string of the molecule is O=C(N[C@]1(C(=O)O)CCSC1)[C@H]1CC=CCC1. The Balaban J connectivity index is 2.00. The molecule has 4 nitrogen and oxygen atoms in total. The quantitative estimate of drug-likeness (QED) is 0.748. The Bertz CT molecular complexity index is 348. The summed E-state index contributed by atoms with van der Waals surface area (Å²) in [6.07, 6.45) is 7.07. The van der Waals surface area contributed by atoms with Crippen LogP contribution in [0.2, 0.25) is 0 Å². The van der Waals surface area contributed by atoms with Gasteiger partial charge in [-0.3, -0.25) is 4.79 Å². The molecule has 2 N–H and O–H groups in total. The van der Waals surface area contributed by atoms with Gasteiger partial charge in [0.25, 0.3) is 0 Å². The first-order valence-corrected chi connectivity index (χ1v) is 7.08. The van der Waals surface area contributed by atoms with Crippen molar-refractivity contribution in [2.75, 3.05) is 11.5 Å². The van der Waals surface area contributed by atoms with Crippen molar-refractivity contribution in [2.24, 2.45) is 5.92 Å². The molecular formula is C12H17NO3S. The van der Waals surface area contributed by atoms with Crippen molar-refractivity contribution < 1.29 is 14.7 Å². The topological polar surface area (TPSA) is 66.4 Å². The van der Waals surface area contributed by atoms with Crippen LogP contribution in [0.4, 0.5) is 0 Å². The summed E-state index contributed by atoms with van der Waals surface area (Å²) >= 11 is 1.59. The van der Waals surface area contributed by atoms with E-state index in [0.29, 0.717) is 12.2 Å². The van der Waals surface area contributed by atoms with E-state index in [-0.39, 0.29) is 11.8 Å². The average molecular weight is 255 g/mol. The summed E-state index contributed by atoms with van der Waals surface area (Å²) in [6, 6.07) is 0. The molecule has 0 aromatic rings. The molecule has 1 saturated heterocycles. The number of carbonyl (C=O) groups is 2. The molecule has 0 spiro atoms. The van der Waals surface area contributed by atoms with Gasteiger partial charge in [-0.2, -0.15) is 11.8 Å². The van der Waals surface area contributed by atoms with Crippen molar-refractivity contribution in [1.82, 2.24) is 5.32 Å². The zero-order valence-electron chi connectivity index (χ0n) is 9.65. The fraction of sp³-hybridized carbons (Fsp3) is 0.667. The van der Waals surface area contributed by atoms with E-state index in [2.05, 4.69) is 11.4 Å². The smallest absolute Gasteiger partial charge is 0.330 e. The van der Waals surface area contributed by atoms with Crippen molar-refractivity contribution >= 4 is 23.6 Å². The lowest BCUT2D eigenvalue weighted by Gasteiger charge is -2.27. The Kier molecular flexibility index (Phi) is 3.76. The van der Waals surface area contributed by atoms with Gasteiger partial charge in [-0.05, 0) is 31.4 Å². The highest BCUT2D eigenvalue weighted by Gasteiger charge is 2.44. The number of carbonyl (C=O) groups excluding carboxylic acids is 1. The molecule has 1 aliphatic carbocycles. The number of amides is 1. The summed E-state index contributed by atoms with van der Waals surface area (Å²) in [6.45, 7) is 0. The molecule has 2 atom stereocenters. The van der Waals surface area contributed by atoms with E-state index in [1.54, 1.807) is 11.8 Å². The predicted octanol–water partition coefficient (Wildman–Crippen LogP) is 1.42. The molecule has 0 unspecified atom stereocenters. The Morgan fingerprint density at radius 3 is 2.76 bits per heavy atom. The van der Waals surface area contributed by atoms with E-state index in [9.17, 15) is 14.7 Å².